The number of hydrogen-bond donors (Lipinski definition) is 1. The first-order valence-electron chi connectivity index (χ1n) is 9.64. The first-order chi connectivity index (χ1) is 13.2. The van der Waals surface area contributed by atoms with Crippen molar-refractivity contribution >= 4 is 17.3 Å². The molecule has 1 unspecified atom stereocenters. The Morgan fingerprint density at radius 1 is 1.33 bits per heavy atom. The summed E-state index contributed by atoms with van der Waals surface area (Å²) < 4.78 is 7.70. The van der Waals surface area contributed by atoms with E-state index in [-0.39, 0.29) is 0 Å². The predicted molar refractivity (Wildman–Crippen MR) is 112 cm³/mol. The van der Waals surface area contributed by atoms with Crippen LogP contribution in [-0.4, -0.2) is 66.8 Å². The zero-order chi connectivity index (χ0) is 19.1. The molecular formula is C20H31N5OS. The number of aliphatic imine (C=N–C) groups is 1. The van der Waals surface area contributed by atoms with Crippen LogP contribution in [0.15, 0.2) is 40.8 Å². The highest BCUT2D eigenvalue weighted by Crippen LogP contribution is 2.26. The van der Waals surface area contributed by atoms with Crippen LogP contribution >= 0.6 is 11.3 Å². The standard InChI is InChI=1S/C20H31N5OS/c1-4-21-20(24(3)16-17-7-5-9-23(17)2)22-15-18(19-8-6-14-27-19)25-10-12-26-13-11-25/h5-9,14,18H,4,10-13,15-16H2,1-3H3,(H,21,22). The molecule has 27 heavy (non-hydrogen) atoms. The second-order valence-corrected chi connectivity index (χ2v) is 7.82. The molecule has 1 N–H and O–H groups in total. The smallest absolute Gasteiger partial charge is 0.194 e. The molecule has 0 amide bonds. The van der Waals surface area contributed by atoms with Crippen molar-refractivity contribution in [2.45, 2.75) is 19.5 Å². The van der Waals surface area contributed by atoms with E-state index in [1.165, 1.54) is 10.6 Å². The van der Waals surface area contributed by atoms with Gasteiger partial charge in [-0.2, -0.15) is 0 Å². The van der Waals surface area contributed by atoms with Crippen molar-refractivity contribution in [1.29, 1.82) is 0 Å². The first-order valence-corrected chi connectivity index (χ1v) is 10.5. The average Bonchev–Trinajstić information content (AvgIpc) is 3.34. The normalized spacial score (nSPS) is 17.1. The van der Waals surface area contributed by atoms with Crippen LogP contribution in [0.5, 0.6) is 0 Å². The first kappa shape index (κ1) is 19.9. The lowest BCUT2D eigenvalue weighted by molar-refractivity contribution is 0.0186. The van der Waals surface area contributed by atoms with Gasteiger partial charge in [0.15, 0.2) is 5.96 Å². The number of aryl methyl sites for hydroxylation is 1. The van der Waals surface area contributed by atoms with Gasteiger partial charge in [0.1, 0.15) is 0 Å². The summed E-state index contributed by atoms with van der Waals surface area (Å²) in [6.45, 7) is 8.10. The molecule has 1 saturated heterocycles. The quantitative estimate of drug-likeness (QED) is 0.584. The summed E-state index contributed by atoms with van der Waals surface area (Å²) in [5.74, 6) is 0.952. The average molecular weight is 390 g/mol. The van der Waals surface area contributed by atoms with Crippen LogP contribution < -0.4 is 5.32 Å². The van der Waals surface area contributed by atoms with Crippen molar-refractivity contribution in [3.8, 4) is 0 Å². The molecule has 148 valence electrons. The Labute approximate surface area is 166 Å². The fourth-order valence-corrected chi connectivity index (χ4v) is 4.23. The molecule has 0 spiro atoms. The van der Waals surface area contributed by atoms with E-state index >= 15 is 0 Å². The number of morpholine rings is 1. The summed E-state index contributed by atoms with van der Waals surface area (Å²) in [6.07, 6.45) is 2.08. The number of nitrogens with zero attached hydrogens (tertiary/aromatic N) is 4. The highest BCUT2D eigenvalue weighted by atomic mass is 32.1. The third-order valence-corrected chi connectivity index (χ3v) is 5.89. The van der Waals surface area contributed by atoms with Gasteiger partial charge in [-0.3, -0.25) is 9.89 Å². The van der Waals surface area contributed by atoms with E-state index < -0.39 is 0 Å². The van der Waals surface area contributed by atoms with Crippen molar-refractivity contribution in [1.82, 2.24) is 19.7 Å². The molecule has 0 saturated carbocycles. The summed E-state index contributed by atoms with van der Waals surface area (Å²) in [5.41, 5.74) is 1.27. The molecule has 1 aliphatic rings. The molecule has 2 aromatic rings. The molecule has 1 fully saturated rings. The van der Waals surface area contributed by atoms with E-state index in [4.69, 9.17) is 9.73 Å². The highest BCUT2D eigenvalue weighted by molar-refractivity contribution is 7.10. The monoisotopic (exact) mass is 389 g/mol. The topological polar surface area (TPSA) is 45.0 Å². The van der Waals surface area contributed by atoms with Gasteiger partial charge in [0.25, 0.3) is 0 Å². The number of rotatable bonds is 7. The lowest BCUT2D eigenvalue weighted by Gasteiger charge is -2.33. The van der Waals surface area contributed by atoms with Crippen LogP contribution in [0, 0.1) is 0 Å². The summed E-state index contributed by atoms with van der Waals surface area (Å²) in [4.78, 5) is 11.1. The van der Waals surface area contributed by atoms with Gasteiger partial charge < -0.3 is 19.5 Å². The Hall–Kier alpha value is -1.83. The zero-order valence-electron chi connectivity index (χ0n) is 16.6. The van der Waals surface area contributed by atoms with Crippen molar-refractivity contribution in [3.63, 3.8) is 0 Å². The second-order valence-electron chi connectivity index (χ2n) is 6.84. The molecule has 0 aromatic carbocycles. The van der Waals surface area contributed by atoms with Crippen molar-refractivity contribution in [3.05, 3.63) is 46.4 Å². The molecule has 1 aliphatic heterocycles. The van der Waals surface area contributed by atoms with E-state index in [1.54, 1.807) is 0 Å². The predicted octanol–water partition coefficient (Wildman–Crippen LogP) is 2.56. The minimum Gasteiger partial charge on any atom is -0.379 e. The molecule has 6 nitrogen and oxygen atoms in total. The molecule has 7 heteroatoms. The van der Waals surface area contributed by atoms with Gasteiger partial charge in [-0.15, -0.1) is 11.3 Å². The number of nitrogens with one attached hydrogen (secondary N) is 1. The third kappa shape index (κ3) is 5.34. The van der Waals surface area contributed by atoms with Crippen LogP contribution in [-0.2, 0) is 18.3 Å². The number of ether oxygens (including phenoxy) is 1. The maximum Gasteiger partial charge on any atom is 0.194 e. The molecule has 3 heterocycles. The lowest BCUT2D eigenvalue weighted by Crippen LogP contribution is -2.42. The van der Waals surface area contributed by atoms with E-state index in [2.05, 4.69) is 76.5 Å². The number of guanidine groups is 1. The van der Waals surface area contributed by atoms with Crippen molar-refractivity contribution in [2.75, 3.05) is 46.4 Å². The Kier molecular flexibility index (Phi) is 7.32. The largest absolute Gasteiger partial charge is 0.379 e. The molecule has 1 atom stereocenters. The maximum atomic E-state index is 5.54. The van der Waals surface area contributed by atoms with E-state index in [1.807, 2.05) is 11.3 Å². The van der Waals surface area contributed by atoms with Crippen LogP contribution in [0.1, 0.15) is 23.5 Å². The van der Waals surface area contributed by atoms with Crippen LogP contribution in [0.25, 0.3) is 0 Å². The summed E-state index contributed by atoms with van der Waals surface area (Å²) in [5, 5.41) is 5.60. The Bertz CT molecular complexity index is 706. The van der Waals surface area contributed by atoms with Gasteiger partial charge in [0, 0.05) is 50.5 Å². The SMILES string of the molecule is CCNC(=NCC(c1cccs1)N1CCOCC1)N(C)Cc1cccn1C. The third-order valence-electron chi connectivity index (χ3n) is 4.92. The Balaban J connectivity index is 1.73. The van der Waals surface area contributed by atoms with Gasteiger partial charge in [-0.05, 0) is 30.5 Å². The van der Waals surface area contributed by atoms with Gasteiger partial charge in [-0.25, -0.2) is 0 Å². The van der Waals surface area contributed by atoms with Crippen molar-refractivity contribution < 1.29 is 4.74 Å². The van der Waals surface area contributed by atoms with Gasteiger partial charge in [-0.1, -0.05) is 6.07 Å². The van der Waals surface area contributed by atoms with E-state index in [0.29, 0.717) is 6.04 Å². The van der Waals surface area contributed by atoms with E-state index in [9.17, 15) is 0 Å². The Morgan fingerprint density at radius 2 is 2.15 bits per heavy atom. The zero-order valence-corrected chi connectivity index (χ0v) is 17.4. The molecule has 0 bridgehead atoms. The lowest BCUT2D eigenvalue weighted by atomic mass is 10.2. The summed E-state index contributed by atoms with van der Waals surface area (Å²) in [6, 6.07) is 8.90. The van der Waals surface area contributed by atoms with Gasteiger partial charge >= 0.3 is 0 Å². The number of aromatic nitrogens is 1. The van der Waals surface area contributed by atoms with Crippen LogP contribution in [0.3, 0.4) is 0 Å². The van der Waals surface area contributed by atoms with E-state index in [0.717, 1.165) is 51.9 Å². The van der Waals surface area contributed by atoms with Gasteiger partial charge in [0.05, 0.1) is 32.3 Å². The molecular weight excluding hydrogens is 358 g/mol. The highest BCUT2D eigenvalue weighted by Gasteiger charge is 2.23. The number of thiophene rings is 1. The molecule has 3 rings (SSSR count). The Morgan fingerprint density at radius 3 is 2.78 bits per heavy atom. The minimum atomic E-state index is 0.311. The maximum absolute atomic E-state index is 5.54. The minimum absolute atomic E-state index is 0.311. The number of hydrogen-bond acceptors (Lipinski definition) is 4. The van der Waals surface area contributed by atoms with Gasteiger partial charge in [0.2, 0.25) is 0 Å². The molecule has 0 radical (unpaired) electrons. The molecule has 0 aliphatic carbocycles. The van der Waals surface area contributed by atoms with Crippen LogP contribution in [0.4, 0.5) is 0 Å². The summed E-state index contributed by atoms with van der Waals surface area (Å²) in [7, 11) is 4.18. The van der Waals surface area contributed by atoms with Crippen molar-refractivity contribution in [2.24, 2.45) is 12.0 Å². The fraction of sp³-hybridized carbons (Fsp3) is 0.550. The molecule has 2 aromatic heterocycles. The fourth-order valence-electron chi connectivity index (χ4n) is 3.38. The van der Waals surface area contributed by atoms with Crippen LogP contribution in [0.2, 0.25) is 0 Å². The second kappa shape index (κ2) is 9.92. The summed E-state index contributed by atoms with van der Waals surface area (Å²) >= 11 is 1.81.